The lowest BCUT2D eigenvalue weighted by molar-refractivity contribution is 0.245. The maximum absolute atomic E-state index is 12.0. The topological polar surface area (TPSA) is 105 Å². The van der Waals surface area contributed by atoms with E-state index in [1.54, 1.807) is 0 Å². The van der Waals surface area contributed by atoms with E-state index in [0.29, 0.717) is 0 Å². The van der Waals surface area contributed by atoms with Crippen LogP contribution < -0.4 is 4.72 Å². The van der Waals surface area contributed by atoms with Crippen LogP contribution in [0.2, 0.25) is 0 Å². The molecule has 0 unspecified atom stereocenters. The molecule has 2 N–H and O–H groups in total. The largest absolute Gasteiger partial charge is 0.462 e. The molecule has 0 spiro atoms. The molecule has 0 fully saturated rings. The summed E-state index contributed by atoms with van der Waals surface area (Å²) in [4.78, 5) is 7.39. The van der Waals surface area contributed by atoms with Gasteiger partial charge in [0, 0.05) is 6.07 Å². The van der Waals surface area contributed by atoms with Crippen molar-refractivity contribution in [3.05, 3.63) is 36.3 Å². The third-order valence-corrected chi connectivity index (χ3v) is 3.67. The maximum Gasteiger partial charge on any atom is 0.265 e. The van der Waals surface area contributed by atoms with E-state index in [1.165, 1.54) is 31.7 Å². The van der Waals surface area contributed by atoms with Gasteiger partial charge in [-0.1, -0.05) is 0 Å². The van der Waals surface area contributed by atoms with Crippen molar-refractivity contribution in [2.75, 3.05) is 4.72 Å². The molecule has 0 aromatic carbocycles. The van der Waals surface area contributed by atoms with Crippen LogP contribution in [-0.2, 0) is 16.6 Å². The van der Waals surface area contributed by atoms with Gasteiger partial charge >= 0.3 is 0 Å². The normalized spacial score (nSPS) is 11.4. The molecule has 8 heteroatoms. The molecule has 2 aromatic heterocycles. The van der Waals surface area contributed by atoms with Gasteiger partial charge in [-0.15, -0.1) is 0 Å². The van der Waals surface area contributed by atoms with Crippen LogP contribution in [0.25, 0.3) is 0 Å². The lowest BCUT2D eigenvalue weighted by atomic mass is 10.4. The summed E-state index contributed by atoms with van der Waals surface area (Å²) in [6.07, 6.45) is 3.98. The number of rotatable bonds is 4. The van der Waals surface area contributed by atoms with Gasteiger partial charge in [0.2, 0.25) is 0 Å². The number of furan rings is 1. The molecule has 0 atom stereocenters. The molecule has 0 radical (unpaired) electrons. The van der Waals surface area contributed by atoms with Crippen molar-refractivity contribution in [2.45, 2.75) is 18.4 Å². The predicted octanol–water partition coefficient (Wildman–Crippen LogP) is 0.671. The highest BCUT2D eigenvalue weighted by Gasteiger charge is 2.21. The number of aryl methyl sites for hydroxylation is 1. The van der Waals surface area contributed by atoms with Gasteiger partial charge in [-0.05, 0) is 6.92 Å². The van der Waals surface area contributed by atoms with Crippen LogP contribution in [0.5, 0.6) is 0 Å². The summed E-state index contributed by atoms with van der Waals surface area (Å²) < 4.78 is 31.5. The Labute approximate surface area is 104 Å². The molecule has 0 aliphatic heterocycles. The number of nitrogens with one attached hydrogen (secondary N) is 1. The molecule has 0 saturated heterocycles. The Balaban J connectivity index is 2.34. The van der Waals surface area contributed by atoms with Gasteiger partial charge in [0.25, 0.3) is 10.0 Å². The van der Waals surface area contributed by atoms with Crippen LogP contribution in [0.4, 0.5) is 5.69 Å². The molecule has 2 heterocycles. The van der Waals surface area contributed by atoms with E-state index >= 15 is 0 Å². The van der Waals surface area contributed by atoms with E-state index in [-0.39, 0.29) is 28.7 Å². The van der Waals surface area contributed by atoms with Gasteiger partial charge in [-0.2, -0.15) is 0 Å². The fourth-order valence-electron chi connectivity index (χ4n) is 1.43. The number of aliphatic hydroxyl groups is 1. The quantitative estimate of drug-likeness (QED) is 0.845. The number of aliphatic hydroxyl groups excluding tert-OH is 1. The minimum Gasteiger partial charge on any atom is -0.462 e. The van der Waals surface area contributed by atoms with Crippen molar-refractivity contribution in [2.24, 2.45) is 0 Å². The number of nitrogens with zero attached hydrogens (tertiary/aromatic N) is 2. The van der Waals surface area contributed by atoms with Crippen molar-refractivity contribution < 1.29 is 17.9 Å². The van der Waals surface area contributed by atoms with Gasteiger partial charge in [0.1, 0.15) is 29.4 Å². The summed E-state index contributed by atoms with van der Waals surface area (Å²) >= 11 is 0. The number of hydrogen-bond donors (Lipinski definition) is 2. The van der Waals surface area contributed by atoms with Crippen LogP contribution in [0, 0.1) is 6.92 Å². The minimum atomic E-state index is -3.77. The van der Waals surface area contributed by atoms with E-state index in [9.17, 15) is 8.42 Å². The Hall–Kier alpha value is -1.93. The van der Waals surface area contributed by atoms with E-state index in [1.807, 2.05) is 0 Å². The summed E-state index contributed by atoms with van der Waals surface area (Å²) in [7, 11) is -3.77. The predicted molar refractivity (Wildman–Crippen MR) is 62.2 cm³/mol. The van der Waals surface area contributed by atoms with Gasteiger partial charge in [-0.25, -0.2) is 18.4 Å². The molecule has 0 amide bonds. The molecular formula is C10H11N3O4S. The molecule has 0 aliphatic carbocycles. The van der Waals surface area contributed by atoms with Crippen molar-refractivity contribution in [1.29, 1.82) is 0 Å². The van der Waals surface area contributed by atoms with Crippen molar-refractivity contribution in [1.82, 2.24) is 9.97 Å². The molecule has 2 aromatic rings. The van der Waals surface area contributed by atoms with Crippen molar-refractivity contribution >= 4 is 15.7 Å². The summed E-state index contributed by atoms with van der Waals surface area (Å²) in [5.41, 5.74) is 0.253. The summed E-state index contributed by atoms with van der Waals surface area (Å²) in [5.74, 6) is 0.403. The third kappa shape index (κ3) is 2.49. The van der Waals surface area contributed by atoms with Crippen molar-refractivity contribution in [3.8, 4) is 0 Å². The molecule has 18 heavy (non-hydrogen) atoms. The fraction of sp³-hybridized carbons (Fsp3) is 0.200. The Morgan fingerprint density at radius 3 is 2.61 bits per heavy atom. The SMILES string of the molecule is Cc1oc(CO)cc1S(=O)(=O)Nc1cncnc1. The van der Waals surface area contributed by atoms with Gasteiger partial charge in [0.05, 0.1) is 18.1 Å². The zero-order chi connectivity index (χ0) is 13.2. The summed E-state index contributed by atoms with van der Waals surface area (Å²) in [6, 6.07) is 1.28. The minimum absolute atomic E-state index is 0.0181. The van der Waals surface area contributed by atoms with Crippen LogP contribution in [0.1, 0.15) is 11.5 Å². The second-order valence-electron chi connectivity index (χ2n) is 3.52. The van der Waals surface area contributed by atoms with E-state index in [0.717, 1.165) is 0 Å². The Morgan fingerprint density at radius 1 is 1.39 bits per heavy atom. The molecule has 0 aliphatic rings. The highest BCUT2D eigenvalue weighted by Crippen LogP contribution is 2.22. The molecular weight excluding hydrogens is 258 g/mol. The van der Waals surface area contributed by atoms with Gasteiger partial charge in [-0.3, -0.25) is 4.72 Å². The first-order valence-electron chi connectivity index (χ1n) is 5.01. The van der Waals surface area contributed by atoms with Crippen LogP contribution in [0.15, 0.2) is 34.1 Å². The second kappa shape index (κ2) is 4.75. The lowest BCUT2D eigenvalue weighted by Crippen LogP contribution is -2.13. The first-order valence-corrected chi connectivity index (χ1v) is 6.49. The van der Waals surface area contributed by atoms with E-state index in [4.69, 9.17) is 9.52 Å². The average Bonchev–Trinajstić information content (AvgIpc) is 2.72. The first kappa shape index (κ1) is 12.5. The van der Waals surface area contributed by atoms with Gasteiger partial charge < -0.3 is 9.52 Å². The highest BCUT2D eigenvalue weighted by atomic mass is 32.2. The second-order valence-corrected chi connectivity index (χ2v) is 5.17. The molecule has 7 nitrogen and oxygen atoms in total. The molecule has 2 rings (SSSR count). The number of hydrogen-bond acceptors (Lipinski definition) is 6. The zero-order valence-electron chi connectivity index (χ0n) is 9.49. The highest BCUT2D eigenvalue weighted by molar-refractivity contribution is 7.92. The van der Waals surface area contributed by atoms with E-state index < -0.39 is 10.0 Å². The number of sulfonamides is 1. The first-order chi connectivity index (χ1) is 8.53. The lowest BCUT2D eigenvalue weighted by Gasteiger charge is -2.05. The Bertz CT molecular complexity index is 636. The van der Waals surface area contributed by atoms with Crippen LogP contribution >= 0.6 is 0 Å². The zero-order valence-corrected chi connectivity index (χ0v) is 10.3. The average molecular weight is 269 g/mol. The standard InChI is InChI=1S/C10H11N3O4S/c1-7-10(2-9(5-14)17-7)18(15,16)13-8-3-11-6-12-4-8/h2-4,6,13-14H,5H2,1H3. The monoisotopic (exact) mass is 269 g/mol. The van der Waals surface area contributed by atoms with E-state index in [2.05, 4.69) is 14.7 Å². The third-order valence-electron chi connectivity index (χ3n) is 2.18. The molecule has 0 saturated carbocycles. The number of aromatic nitrogens is 2. The van der Waals surface area contributed by atoms with Crippen molar-refractivity contribution in [3.63, 3.8) is 0 Å². The van der Waals surface area contributed by atoms with Crippen LogP contribution in [0.3, 0.4) is 0 Å². The molecule has 96 valence electrons. The maximum atomic E-state index is 12.0. The fourth-order valence-corrected chi connectivity index (χ4v) is 2.66. The Morgan fingerprint density at radius 2 is 2.06 bits per heavy atom. The molecule has 0 bridgehead atoms. The number of anilines is 1. The Kier molecular flexibility index (Phi) is 3.30. The van der Waals surface area contributed by atoms with Gasteiger partial charge in [0.15, 0.2) is 0 Å². The summed E-state index contributed by atoms with van der Waals surface area (Å²) in [5, 5.41) is 8.90. The summed E-state index contributed by atoms with van der Waals surface area (Å²) in [6.45, 7) is 1.15. The smallest absolute Gasteiger partial charge is 0.265 e. The van der Waals surface area contributed by atoms with Crippen LogP contribution in [-0.4, -0.2) is 23.5 Å².